The van der Waals surface area contributed by atoms with Crippen LogP contribution in [0.25, 0.3) is 11.1 Å². The first-order valence-electron chi connectivity index (χ1n) is 8.36. The van der Waals surface area contributed by atoms with Crippen molar-refractivity contribution in [3.63, 3.8) is 0 Å². The van der Waals surface area contributed by atoms with Crippen LogP contribution >= 0.6 is 0 Å². The first-order valence-corrected chi connectivity index (χ1v) is 9.80. The number of sulfonamides is 1. The number of carbonyl (C=O) groups is 1. The molecule has 2 aliphatic rings. The van der Waals surface area contributed by atoms with E-state index in [-0.39, 0.29) is 28.6 Å². The minimum absolute atomic E-state index is 0.158. The standard InChI is InChI=1S/C19H18FNO3S/c20-15-5-1-13(2-6-15)14-3-9-19(10-4-14)25(23,24)21-16-7-8-17(21)12-18(22)11-16/h1-6,9-10,16-17H,7-8,11-12H2. The predicted octanol–water partition coefficient (Wildman–Crippen LogP) is 3.38. The Morgan fingerprint density at radius 3 is 1.84 bits per heavy atom. The lowest BCUT2D eigenvalue weighted by molar-refractivity contribution is -0.122. The summed E-state index contributed by atoms with van der Waals surface area (Å²) in [4.78, 5) is 12.0. The molecule has 2 saturated heterocycles. The Morgan fingerprint density at radius 1 is 0.840 bits per heavy atom. The van der Waals surface area contributed by atoms with E-state index in [0.29, 0.717) is 12.8 Å². The zero-order chi connectivity index (χ0) is 17.6. The molecule has 2 aliphatic heterocycles. The SMILES string of the molecule is O=C1CC2CCC(C1)N2S(=O)(=O)c1ccc(-c2ccc(F)cc2)cc1. The number of nitrogens with zero attached hydrogens (tertiary/aromatic N) is 1. The minimum Gasteiger partial charge on any atom is -0.300 e. The number of benzene rings is 2. The molecule has 2 aromatic carbocycles. The van der Waals surface area contributed by atoms with Crippen molar-refractivity contribution in [1.29, 1.82) is 0 Å². The quantitative estimate of drug-likeness (QED) is 0.844. The molecule has 0 N–H and O–H groups in total. The smallest absolute Gasteiger partial charge is 0.243 e. The Balaban J connectivity index is 1.63. The lowest BCUT2D eigenvalue weighted by atomic mass is 10.0. The minimum atomic E-state index is -3.61. The highest BCUT2D eigenvalue weighted by Crippen LogP contribution is 2.38. The molecule has 0 aliphatic carbocycles. The lowest BCUT2D eigenvalue weighted by Crippen LogP contribution is -2.46. The van der Waals surface area contributed by atoms with Crippen LogP contribution < -0.4 is 0 Å². The lowest BCUT2D eigenvalue weighted by Gasteiger charge is -2.32. The van der Waals surface area contributed by atoms with E-state index in [1.54, 1.807) is 40.7 Å². The molecule has 4 nitrogen and oxygen atoms in total. The van der Waals surface area contributed by atoms with Crippen molar-refractivity contribution < 1.29 is 17.6 Å². The Labute approximate surface area is 146 Å². The van der Waals surface area contributed by atoms with Gasteiger partial charge in [-0.05, 0) is 48.2 Å². The van der Waals surface area contributed by atoms with E-state index in [4.69, 9.17) is 0 Å². The molecule has 2 unspecified atom stereocenters. The summed E-state index contributed by atoms with van der Waals surface area (Å²) in [5.41, 5.74) is 1.66. The average Bonchev–Trinajstić information content (AvgIpc) is 2.89. The molecule has 0 saturated carbocycles. The van der Waals surface area contributed by atoms with Crippen LogP contribution in [0.5, 0.6) is 0 Å². The summed E-state index contributed by atoms with van der Waals surface area (Å²) < 4.78 is 40.6. The maximum atomic E-state index is 13.0. The molecule has 0 aromatic heterocycles. The maximum absolute atomic E-state index is 13.0. The Bertz CT molecular complexity index is 891. The van der Waals surface area contributed by atoms with Crippen molar-refractivity contribution in [1.82, 2.24) is 4.31 Å². The van der Waals surface area contributed by atoms with Crippen molar-refractivity contribution >= 4 is 15.8 Å². The molecular formula is C19H18FNO3S. The molecule has 0 radical (unpaired) electrons. The van der Waals surface area contributed by atoms with Gasteiger partial charge in [0, 0.05) is 24.9 Å². The van der Waals surface area contributed by atoms with Crippen LogP contribution in [0.1, 0.15) is 25.7 Å². The number of fused-ring (bicyclic) bond motifs is 2. The molecule has 2 atom stereocenters. The third kappa shape index (κ3) is 2.89. The van der Waals surface area contributed by atoms with Gasteiger partial charge in [0.2, 0.25) is 10.0 Å². The third-order valence-corrected chi connectivity index (χ3v) is 7.11. The van der Waals surface area contributed by atoms with E-state index in [1.807, 2.05) is 0 Å². The average molecular weight is 359 g/mol. The number of hydrogen-bond acceptors (Lipinski definition) is 3. The van der Waals surface area contributed by atoms with Gasteiger partial charge in [0.05, 0.1) is 4.90 Å². The van der Waals surface area contributed by atoms with Crippen LogP contribution in [-0.4, -0.2) is 30.6 Å². The molecule has 2 heterocycles. The van der Waals surface area contributed by atoms with E-state index >= 15 is 0 Å². The summed E-state index contributed by atoms with van der Waals surface area (Å²) in [7, 11) is -3.61. The largest absolute Gasteiger partial charge is 0.300 e. The van der Waals surface area contributed by atoms with Crippen LogP contribution in [0.2, 0.25) is 0 Å². The van der Waals surface area contributed by atoms with Gasteiger partial charge in [0.15, 0.2) is 0 Å². The zero-order valence-electron chi connectivity index (χ0n) is 13.6. The van der Waals surface area contributed by atoms with Crippen LogP contribution in [0.3, 0.4) is 0 Å². The van der Waals surface area contributed by atoms with Gasteiger partial charge >= 0.3 is 0 Å². The molecule has 2 bridgehead atoms. The number of Topliss-reactive ketones (excluding diaryl/α,β-unsaturated/α-hetero) is 1. The van der Waals surface area contributed by atoms with E-state index in [9.17, 15) is 17.6 Å². The zero-order valence-corrected chi connectivity index (χ0v) is 14.4. The van der Waals surface area contributed by atoms with Crippen molar-refractivity contribution in [2.75, 3.05) is 0 Å². The fourth-order valence-electron chi connectivity index (χ4n) is 3.91. The number of ketones is 1. The summed E-state index contributed by atoms with van der Waals surface area (Å²) in [6.07, 6.45) is 2.15. The summed E-state index contributed by atoms with van der Waals surface area (Å²) in [6, 6.07) is 12.3. The molecule has 6 heteroatoms. The topological polar surface area (TPSA) is 54.5 Å². The molecule has 2 aromatic rings. The second-order valence-electron chi connectivity index (χ2n) is 6.70. The second-order valence-corrected chi connectivity index (χ2v) is 8.54. The highest BCUT2D eigenvalue weighted by molar-refractivity contribution is 7.89. The van der Waals surface area contributed by atoms with Gasteiger partial charge in [-0.1, -0.05) is 24.3 Å². The monoisotopic (exact) mass is 359 g/mol. The number of carbonyl (C=O) groups excluding carboxylic acids is 1. The fourth-order valence-corrected chi connectivity index (χ4v) is 5.77. The van der Waals surface area contributed by atoms with E-state index < -0.39 is 10.0 Å². The highest BCUT2D eigenvalue weighted by Gasteiger charge is 2.46. The Morgan fingerprint density at radius 2 is 1.32 bits per heavy atom. The summed E-state index contributed by atoms with van der Waals surface area (Å²) in [5.74, 6) is -0.149. The van der Waals surface area contributed by atoms with Gasteiger partial charge in [-0.25, -0.2) is 12.8 Å². The summed E-state index contributed by atoms with van der Waals surface area (Å²) >= 11 is 0. The molecule has 0 amide bonds. The van der Waals surface area contributed by atoms with E-state index in [1.165, 1.54) is 12.1 Å². The Kier molecular flexibility index (Phi) is 3.96. The molecule has 0 spiro atoms. The molecule has 2 fully saturated rings. The molecule has 130 valence electrons. The molecular weight excluding hydrogens is 341 g/mol. The van der Waals surface area contributed by atoms with Crippen molar-refractivity contribution in [3.05, 3.63) is 54.3 Å². The number of rotatable bonds is 3. The van der Waals surface area contributed by atoms with Gasteiger partial charge < -0.3 is 0 Å². The van der Waals surface area contributed by atoms with Gasteiger partial charge in [-0.3, -0.25) is 4.79 Å². The van der Waals surface area contributed by atoms with Gasteiger partial charge in [-0.15, -0.1) is 0 Å². The first kappa shape index (κ1) is 16.4. The van der Waals surface area contributed by atoms with Crippen LogP contribution in [0.4, 0.5) is 4.39 Å². The molecule has 4 rings (SSSR count). The second kappa shape index (κ2) is 6.04. The number of halogens is 1. The van der Waals surface area contributed by atoms with Gasteiger partial charge in [0.1, 0.15) is 11.6 Å². The van der Waals surface area contributed by atoms with Gasteiger partial charge in [-0.2, -0.15) is 4.31 Å². The maximum Gasteiger partial charge on any atom is 0.243 e. The highest BCUT2D eigenvalue weighted by atomic mass is 32.2. The van der Waals surface area contributed by atoms with Crippen molar-refractivity contribution in [2.45, 2.75) is 42.7 Å². The fraction of sp³-hybridized carbons (Fsp3) is 0.316. The Hall–Kier alpha value is -2.05. The van der Waals surface area contributed by atoms with Crippen LogP contribution in [-0.2, 0) is 14.8 Å². The van der Waals surface area contributed by atoms with Gasteiger partial charge in [0.25, 0.3) is 0 Å². The van der Waals surface area contributed by atoms with Crippen LogP contribution in [0.15, 0.2) is 53.4 Å². The summed E-state index contributed by atoms with van der Waals surface area (Å²) in [5, 5.41) is 0. The summed E-state index contributed by atoms with van der Waals surface area (Å²) in [6.45, 7) is 0. The molecule has 25 heavy (non-hydrogen) atoms. The van der Waals surface area contributed by atoms with E-state index in [2.05, 4.69) is 0 Å². The first-order chi connectivity index (χ1) is 11.9. The van der Waals surface area contributed by atoms with Crippen molar-refractivity contribution in [2.24, 2.45) is 0 Å². The van der Waals surface area contributed by atoms with Crippen LogP contribution in [0, 0.1) is 5.82 Å². The van der Waals surface area contributed by atoms with E-state index in [0.717, 1.165) is 24.0 Å². The van der Waals surface area contributed by atoms with Crippen molar-refractivity contribution in [3.8, 4) is 11.1 Å². The normalized spacial score (nSPS) is 23.8. The predicted molar refractivity (Wildman–Crippen MR) is 91.9 cm³/mol. The third-order valence-electron chi connectivity index (χ3n) is 5.09. The number of piperidine rings is 1. The number of hydrogen-bond donors (Lipinski definition) is 0.